The molecule has 2 rings (SSSR count). The highest BCUT2D eigenvalue weighted by atomic mass is 28.4. The SMILES string of the molecule is C=CC[C@]1(O)[C@@H](CO[Si](C)(C)C(C)(C)C)O[C@@H](n2ccc(=O)[nH]c2=O)[C@@H]1O[Si](C)(C)C(C)(C)C. The van der Waals surface area contributed by atoms with Crippen LogP contribution in [0.5, 0.6) is 0 Å². The van der Waals surface area contributed by atoms with E-state index in [0.717, 1.165) is 0 Å². The molecular formula is C24H44N2O6Si2. The lowest BCUT2D eigenvalue weighted by atomic mass is 9.89. The van der Waals surface area contributed by atoms with E-state index in [1.807, 2.05) is 0 Å². The number of hydrogen-bond donors (Lipinski definition) is 2. The van der Waals surface area contributed by atoms with Crippen molar-refractivity contribution in [2.24, 2.45) is 0 Å². The van der Waals surface area contributed by atoms with E-state index in [9.17, 15) is 14.7 Å². The number of nitrogens with zero attached hydrogens (tertiary/aromatic N) is 1. The zero-order chi connectivity index (χ0) is 26.3. The van der Waals surface area contributed by atoms with E-state index in [1.165, 1.54) is 16.8 Å². The molecule has 1 aliphatic rings. The van der Waals surface area contributed by atoms with Gasteiger partial charge in [0, 0.05) is 12.3 Å². The van der Waals surface area contributed by atoms with Crippen molar-refractivity contribution in [3.8, 4) is 0 Å². The highest BCUT2D eigenvalue weighted by molar-refractivity contribution is 6.74. The van der Waals surface area contributed by atoms with Gasteiger partial charge in [-0.1, -0.05) is 47.6 Å². The maximum absolute atomic E-state index is 12.7. The van der Waals surface area contributed by atoms with E-state index in [1.54, 1.807) is 6.08 Å². The van der Waals surface area contributed by atoms with Crippen LogP contribution in [0.2, 0.25) is 36.3 Å². The van der Waals surface area contributed by atoms with E-state index in [4.69, 9.17) is 13.6 Å². The summed E-state index contributed by atoms with van der Waals surface area (Å²) in [6.45, 7) is 25.3. The summed E-state index contributed by atoms with van der Waals surface area (Å²) in [6, 6.07) is 1.26. The van der Waals surface area contributed by atoms with E-state index in [-0.39, 0.29) is 23.1 Å². The number of ether oxygens (including phenoxy) is 1. The Morgan fingerprint density at radius 2 is 1.71 bits per heavy atom. The van der Waals surface area contributed by atoms with Crippen molar-refractivity contribution < 1.29 is 18.7 Å². The fraction of sp³-hybridized carbons (Fsp3) is 0.750. The highest BCUT2D eigenvalue weighted by Crippen LogP contribution is 2.47. The first-order valence-electron chi connectivity index (χ1n) is 11.9. The molecule has 1 aromatic rings. The molecule has 0 aromatic carbocycles. The van der Waals surface area contributed by atoms with E-state index in [0.29, 0.717) is 0 Å². The molecule has 0 spiro atoms. The Hall–Kier alpha value is -1.31. The predicted molar refractivity (Wildman–Crippen MR) is 140 cm³/mol. The second-order valence-electron chi connectivity index (χ2n) is 12.4. The van der Waals surface area contributed by atoms with Gasteiger partial charge in [-0.05, 0) is 42.7 Å². The minimum Gasteiger partial charge on any atom is -0.414 e. The van der Waals surface area contributed by atoms with Crippen molar-refractivity contribution in [3.05, 3.63) is 45.8 Å². The third-order valence-corrected chi connectivity index (χ3v) is 16.8. The van der Waals surface area contributed by atoms with E-state index >= 15 is 0 Å². The summed E-state index contributed by atoms with van der Waals surface area (Å²) in [5, 5.41) is 11.9. The maximum Gasteiger partial charge on any atom is 0.330 e. The Labute approximate surface area is 205 Å². The molecule has 0 saturated carbocycles. The molecule has 34 heavy (non-hydrogen) atoms. The number of aromatic nitrogens is 2. The molecule has 1 fully saturated rings. The van der Waals surface area contributed by atoms with Crippen molar-refractivity contribution in [1.29, 1.82) is 0 Å². The first kappa shape index (κ1) is 28.9. The predicted octanol–water partition coefficient (Wildman–Crippen LogP) is 4.15. The first-order valence-corrected chi connectivity index (χ1v) is 17.7. The number of aromatic amines is 1. The van der Waals surface area contributed by atoms with Gasteiger partial charge in [-0.2, -0.15) is 0 Å². The lowest BCUT2D eigenvalue weighted by Crippen LogP contribution is -2.56. The molecule has 10 heteroatoms. The van der Waals surface area contributed by atoms with Crippen LogP contribution in [0.25, 0.3) is 0 Å². The minimum absolute atomic E-state index is 0.0194. The monoisotopic (exact) mass is 512 g/mol. The van der Waals surface area contributed by atoms with Crippen LogP contribution in [0.3, 0.4) is 0 Å². The average Bonchev–Trinajstić information content (AvgIpc) is 2.90. The van der Waals surface area contributed by atoms with E-state index in [2.05, 4.69) is 79.3 Å². The van der Waals surface area contributed by atoms with Crippen molar-refractivity contribution in [3.63, 3.8) is 0 Å². The number of rotatable bonds is 8. The van der Waals surface area contributed by atoms with Crippen molar-refractivity contribution >= 4 is 16.6 Å². The van der Waals surface area contributed by atoms with Crippen LogP contribution in [0.4, 0.5) is 0 Å². The van der Waals surface area contributed by atoms with Crippen LogP contribution in [-0.4, -0.2) is 55.7 Å². The highest BCUT2D eigenvalue weighted by Gasteiger charge is 2.59. The molecule has 1 saturated heterocycles. The van der Waals surface area contributed by atoms with Crippen LogP contribution in [0.1, 0.15) is 54.2 Å². The standard InChI is InChI=1S/C24H44N2O6Si2/c1-12-14-24(29)17(16-30-33(8,9)22(2,3)4)31-20(26-15-13-18(27)25-21(26)28)19(24)32-34(10,11)23(5,6)7/h12-13,15,17,19-20,29H,1,14,16H2,2-11H3,(H,25,27,28)/t17-,19+,20-,24+/m1/s1. The maximum atomic E-state index is 12.7. The number of H-pyrrole nitrogens is 1. The molecule has 4 atom stereocenters. The molecule has 2 N–H and O–H groups in total. The van der Waals surface area contributed by atoms with Gasteiger partial charge in [0.1, 0.15) is 17.8 Å². The smallest absolute Gasteiger partial charge is 0.330 e. The third kappa shape index (κ3) is 5.74. The summed E-state index contributed by atoms with van der Waals surface area (Å²) in [4.78, 5) is 26.7. The second kappa shape index (κ2) is 9.63. The van der Waals surface area contributed by atoms with Crippen molar-refractivity contribution in [1.82, 2.24) is 9.55 Å². The van der Waals surface area contributed by atoms with Gasteiger partial charge in [-0.25, -0.2) is 4.79 Å². The first-order chi connectivity index (χ1) is 15.3. The molecule has 0 amide bonds. The van der Waals surface area contributed by atoms with E-state index < -0.39 is 51.9 Å². The molecule has 0 radical (unpaired) electrons. The fourth-order valence-electron chi connectivity index (χ4n) is 3.44. The fourth-order valence-corrected chi connectivity index (χ4v) is 5.75. The molecule has 8 nitrogen and oxygen atoms in total. The van der Waals surface area contributed by atoms with Crippen LogP contribution in [0, 0.1) is 0 Å². The Kier molecular flexibility index (Phi) is 8.19. The lowest BCUT2D eigenvalue weighted by molar-refractivity contribution is -0.0863. The normalized spacial score (nSPS) is 26.6. The molecule has 1 aliphatic heterocycles. The van der Waals surface area contributed by atoms with Gasteiger partial charge >= 0.3 is 5.69 Å². The zero-order valence-corrected chi connectivity index (χ0v) is 24.5. The summed E-state index contributed by atoms with van der Waals surface area (Å²) in [5.41, 5.74) is -2.59. The Morgan fingerprint density at radius 1 is 1.15 bits per heavy atom. The Bertz CT molecular complexity index is 989. The van der Waals surface area contributed by atoms with Gasteiger partial charge in [0.15, 0.2) is 22.9 Å². The van der Waals surface area contributed by atoms with Crippen LogP contribution in [-0.2, 0) is 13.6 Å². The third-order valence-electron chi connectivity index (χ3n) is 7.84. The van der Waals surface area contributed by atoms with Gasteiger partial charge in [-0.15, -0.1) is 6.58 Å². The number of hydrogen-bond acceptors (Lipinski definition) is 6. The van der Waals surface area contributed by atoms with Gasteiger partial charge in [0.05, 0.1) is 6.61 Å². The Balaban J connectivity index is 2.58. The van der Waals surface area contributed by atoms with Crippen molar-refractivity contribution in [2.45, 2.75) is 108 Å². The summed E-state index contributed by atoms with van der Waals surface area (Å²) >= 11 is 0. The second-order valence-corrected chi connectivity index (χ2v) is 22.0. The molecule has 0 unspecified atom stereocenters. The lowest BCUT2D eigenvalue weighted by Gasteiger charge is -2.43. The van der Waals surface area contributed by atoms with Crippen molar-refractivity contribution in [2.75, 3.05) is 6.61 Å². The molecule has 0 aliphatic carbocycles. The topological polar surface area (TPSA) is 103 Å². The van der Waals surface area contributed by atoms with Crippen LogP contribution in [0.15, 0.2) is 34.5 Å². The van der Waals surface area contributed by atoms with Gasteiger partial charge < -0.3 is 18.7 Å². The quantitative estimate of drug-likeness (QED) is 0.401. The largest absolute Gasteiger partial charge is 0.414 e. The molecule has 2 heterocycles. The summed E-state index contributed by atoms with van der Waals surface area (Å²) < 4.78 is 20.8. The average molecular weight is 513 g/mol. The molecule has 0 bridgehead atoms. The summed E-state index contributed by atoms with van der Waals surface area (Å²) in [5.74, 6) is 0. The summed E-state index contributed by atoms with van der Waals surface area (Å²) in [7, 11) is -4.55. The van der Waals surface area contributed by atoms with Crippen LogP contribution >= 0.6 is 0 Å². The molecular weight excluding hydrogens is 468 g/mol. The number of nitrogens with one attached hydrogen (secondary N) is 1. The Morgan fingerprint density at radius 3 is 2.18 bits per heavy atom. The zero-order valence-electron chi connectivity index (χ0n) is 22.5. The molecule has 1 aromatic heterocycles. The minimum atomic E-state index is -2.40. The van der Waals surface area contributed by atoms with Gasteiger partial charge in [0.2, 0.25) is 0 Å². The summed E-state index contributed by atoms with van der Waals surface area (Å²) in [6.07, 6.45) is 0.687. The number of aliphatic hydroxyl groups is 1. The molecule has 194 valence electrons. The van der Waals surface area contributed by atoms with Crippen LogP contribution < -0.4 is 11.2 Å². The van der Waals surface area contributed by atoms with Gasteiger partial charge in [0.25, 0.3) is 5.56 Å². The van der Waals surface area contributed by atoms with Gasteiger partial charge in [-0.3, -0.25) is 14.3 Å².